The first-order valence-electron chi connectivity index (χ1n) is 27.8. The molecule has 0 radical (unpaired) electrons. The Labute approximate surface area is 444 Å². The second-order valence-corrected chi connectivity index (χ2v) is 26.6. The Morgan fingerprint density at radius 2 is 1.21 bits per heavy atom. The van der Waals surface area contributed by atoms with E-state index in [1.807, 2.05) is 6.92 Å². The van der Waals surface area contributed by atoms with Crippen LogP contribution >= 0.6 is 0 Å². The average Bonchev–Trinajstić information content (AvgIpc) is 3.65. The van der Waals surface area contributed by atoms with Gasteiger partial charge in [0, 0.05) is 16.7 Å². The highest BCUT2D eigenvalue weighted by molar-refractivity contribution is 5.35. The highest BCUT2D eigenvalue weighted by Crippen LogP contribution is 2.79. The van der Waals surface area contributed by atoms with Crippen molar-refractivity contribution in [3.05, 3.63) is 12.2 Å². The van der Waals surface area contributed by atoms with Crippen LogP contribution in [0.3, 0.4) is 0 Å². The molecule has 0 unspecified atom stereocenters. The third kappa shape index (κ3) is 8.54. The summed E-state index contributed by atoms with van der Waals surface area (Å²) in [6, 6.07) is 0. The Morgan fingerprint density at radius 1 is 0.579 bits per heavy atom. The molecule has 22 nitrogen and oxygen atoms in total. The number of fused-ring (bicyclic) bond motifs is 4. The summed E-state index contributed by atoms with van der Waals surface area (Å²) in [7, 11) is 0. The van der Waals surface area contributed by atoms with Crippen LogP contribution < -0.4 is 0 Å². The summed E-state index contributed by atoms with van der Waals surface area (Å²) in [5, 5.41) is 144. The molecule has 1 spiro atoms. The number of hydrogen-bond acceptors (Lipinski definition) is 22. The fourth-order valence-corrected chi connectivity index (χ4v) is 17.2. The first kappa shape index (κ1) is 58.1. The van der Waals surface area contributed by atoms with Gasteiger partial charge in [0.2, 0.25) is 0 Å². The lowest BCUT2D eigenvalue weighted by molar-refractivity contribution is -0.485. The van der Waals surface area contributed by atoms with E-state index >= 15 is 0 Å². The molecule has 5 saturated heterocycles. The molecule has 5 heterocycles. The fraction of sp³-hybridized carbons (Fsp3) is 0.963. The standard InChI is InChI=1S/C54H88O22/c1-24-32(58)35(61)38(64)44(69-24)74-41-33(59)25(2)70-46(42(41)76-54(67)43(66)37(63)34(60)26(20-55)75-54)73-40-27(21-56)71-45(39(65)36(40)62)72-31-11-12-48(5)28(49(31,6)22-57)9-13-50(7)29(48)10-14-53-30-19-47(3,4)15-17-52(30,23-68-53)18-16-51(50,53)8/h10,14,24-46,55-67H,9,11-13,15-23H2,1-8H3/t24-,25+,26+,27+,28+,29+,30+,31-,32-,33-,34+,35+,36+,37-,38+,39+,40+,41-,42+,43+,44-,45-,46-,48-,49-,50+,51-,52+,53-,54+/m0/s1. The Kier molecular flexibility index (Phi) is 15.3. The highest BCUT2D eigenvalue weighted by Gasteiger charge is 2.77. The van der Waals surface area contributed by atoms with Gasteiger partial charge in [-0.05, 0) is 105 Å². The van der Waals surface area contributed by atoms with Gasteiger partial charge in [-0.1, -0.05) is 53.7 Å². The Bertz CT molecular complexity index is 2120. The molecule has 22 heteroatoms. The van der Waals surface area contributed by atoms with Crippen molar-refractivity contribution in [1.82, 2.24) is 0 Å². The third-order valence-corrected chi connectivity index (χ3v) is 22.2. The van der Waals surface area contributed by atoms with Crippen LogP contribution in [0.15, 0.2) is 12.2 Å². The van der Waals surface area contributed by atoms with Gasteiger partial charge in [0.05, 0.1) is 50.3 Å². The molecular weight excluding hydrogens is 1000 g/mol. The van der Waals surface area contributed by atoms with Crippen molar-refractivity contribution in [3.8, 4) is 0 Å². The third-order valence-electron chi connectivity index (χ3n) is 22.2. The van der Waals surface area contributed by atoms with Gasteiger partial charge in [0.25, 0.3) is 0 Å². The lowest BCUT2D eigenvalue weighted by atomic mass is 9.32. The van der Waals surface area contributed by atoms with Crippen molar-refractivity contribution in [2.24, 2.45) is 50.2 Å². The average molecular weight is 1090 g/mol. The summed E-state index contributed by atoms with van der Waals surface area (Å²) < 4.78 is 55.4. The molecule has 13 N–H and O–H groups in total. The van der Waals surface area contributed by atoms with Gasteiger partial charge < -0.3 is 109 Å². The Hall–Kier alpha value is -1.14. The molecule has 0 aromatic rings. The Balaban J connectivity index is 0.889. The number of aliphatic hydroxyl groups is 13. The van der Waals surface area contributed by atoms with Crippen LogP contribution in [-0.2, 0) is 42.6 Å². The van der Waals surface area contributed by atoms with Gasteiger partial charge in [-0.2, -0.15) is 0 Å². The van der Waals surface area contributed by atoms with E-state index in [1.165, 1.54) is 26.7 Å². The molecule has 5 aliphatic heterocycles. The molecule has 0 amide bonds. The van der Waals surface area contributed by atoms with Crippen molar-refractivity contribution in [3.63, 3.8) is 0 Å². The van der Waals surface area contributed by atoms with Crippen molar-refractivity contribution in [2.45, 2.75) is 247 Å². The van der Waals surface area contributed by atoms with E-state index in [9.17, 15) is 66.4 Å². The number of rotatable bonds is 11. The molecule has 10 rings (SSSR count). The monoisotopic (exact) mass is 1090 g/mol. The van der Waals surface area contributed by atoms with Crippen molar-refractivity contribution >= 4 is 0 Å². The summed E-state index contributed by atoms with van der Waals surface area (Å²) in [6.07, 6.45) is -21.1. The van der Waals surface area contributed by atoms with Gasteiger partial charge in [0.1, 0.15) is 79.4 Å². The minimum Gasteiger partial charge on any atom is -0.396 e. The van der Waals surface area contributed by atoms with Crippen molar-refractivity contribution in [1.29, 1.82) is 0 Å². The molecule has 30 atom stereocenters. The quantitative estimate of drug-likeness (QED) is 0.0657. The molecule has 5 aliphatic carbocycles. The number of ether oxygens (including phenoxy) is 9. The van der Waals surface area contributed by atoms with Crippen molar-refractivity contribution < 1.29 is 109 Å². The molecule has 9 fully saturated rings. The van der Waals surface area contributed by atoms with Crippen molar-refractivity contribution in [2.75, 3.05) is 26.4 Å². The van der Waals surface area contributed by atoms with Crippen LogP contribution in [0.1, 0.15) is 113 Å². The molecule has 0 aromatic heterocycles. The SMILES string of the molecule is C[C@@H]1O[C@@H](O[C@H]2[C@@H](O)[C@@H](C)O[C@@H](O[C@H]3[C@H](O)[C@@H](O)[C@H](O[C@H]4CC[C@@]5(C)[C@@H](CC[C@]6(C)[C@@H]5C=C[C@]57OC[C@@]8(CCC(C)(C)C[C@H]85)CC[C@]76C)[C@]4(C)CO)O[C@@H]3CO)[C@@H]2O[C@]2(O)O[C@H](CO)[C@@H](O)[C@H](O)[C@H]2O)[C@H](O)[C@H](O)[C@H]1O. The lowest BCUT2D eigenvalue weighted by Crippen LogP contribution is -2.71. The van der Waals surface area contributed by atoms with Crippen LogP contribution in [-0.4, -0.2) is 227 Å². The summed E-state index contributed by atoms with van der Waals surface area (Å²) in [4.78, 5) is 0. The minimum atomic E-state index is -3.34. The largest absolute Gasteiger partial charge is 0.396 e. The first-order chi connectivity index (χ1) is 35.5. The second-order valence-electron chi connectivity index (χ2n) is 26.6. The van der Waals surface area contributed by atoms with E-state index in [0.29, 0.717) is 12.3 Å². The van der Waals surface area contributed by atoms with Gasteiger partial charge in [-0.25, -0.2) is 0 Å². The maximum atomic E-state index is 12.0. The van der Waals surface area contributed by atoms with E-state index in [-0.39, 0.29) is 51.1 Å². The number of allylic oxidation sites excluding steroid dienone is 1. The smallest absolute Gasteiger partial charge is 0.311 e. The number of hydrogen-bond donors (Lipinski definition) is 13. The molecule has 436 valence electrons. The van der Waals surface area contributed by atoms with Gasteiger partial charge in [-0.15, -0.1) is 0 Å². The lowest BCUT2D eigenvalue weighted by Gasteiger charge is -2.73. The molecule has 10 aliphatic rings. The maximum absolute atomic E-state index is 12.0. The van der Waals surface area contributed by atoms with Gasteiger partial charge in [-0.3, -0.25) is 0 Å². The van der Waals surface area contributed by atoms with Crippen LogP contribution in [0.25, 0.3) is 0 Å². The van der Waals surface area contributed by atoms with E-state index in [4.69, 9.17) is 42.6 Å². The zero-order chi connectivity index (χ0) is 55.2. The minimum absolute atomic E-state index is 0.0386. The molecule has 76 heavy (non-hydrogen) atoms. The van der Waals surface area contributed by atoms with Crippen LogP contribution in [0.4, 0.5) is 0 Å². The van der Waals surface area contributed by atoms with E-state index < -0.39 is 147 Å². The molecule has 2 bridgehead atoms. The summed E-state index contributed by atoms with van der Waals surface area (Å²) in [6.45, 7) is 15.6. The van der Waals surface area contributed by atoms with E-state index in [1.54, 1.807) is 0 Å². The first-order valence-corrected chi connectivity index (χ1v) is 27.8. The normalized spacial score (nSPS) is 58.7. The van der Waals surface area contributed by atoms with Crippen LogP contribution in [0.2, 0.25) is 0 Å². The molecule has 0 aromatic carbocycles. The van der Waals surface area contributed by atoms with Gasteiger partial charge >= 0.3 is 5.97 Å². The summed E-state index contributed by atoms with van der Waals surface area (Å²) in [5.74, 6) is -2.77. The van der Waals surface area contributed by atoms with Crippen LogP contribution in [0, 0.1) is 50.2 Å². The highest BCUT2D eigenvalue weighted by atomic mass is 16.9. The fourth-order valence-electron chi connectivity index (χ4n) is 17.2. The topological polar surface area (TPSA) is 346 Å². The zero-order valence-electron chi connectivity index (χ0n) is 45.1. The predicted octanol–water partition coefficient (Wildman–Crippen LogP) is -1.20. The maximum Gasteiger partial charge on any atom is 0.311 e. The van der Waals surface area contributed by atoms with E-state index in [0.717, 1.165) is 45.1 Å². The molecule has 4 saturated carbocycles. The van der Waals surface area contributed by atoms with Gasteiger partial charge in [0.15, 0.2) is 25.0 Å². The second kappa shape index (κ2) is 20.0. The van der Waals surface area contributed by atoms with E-state index in [2.05, 4.69) is 46.8 Å². The van der Waals surface area contributed by atoms with Crippen LogP contribution in [0.5, 0.6) is 0 Å². The summed E-state index contributed by atoms with van der Waals surface area (Å²) in [5.41, 5.74) is -1.25. The number of aliphatic hydroxyl groups excluding tert-OH is 12. The predicted molar refractivity (Wildman–Crippen MR) is 260 cm³/mol. The zero-order valence-corrected chi connectivity index (χ0v) is 45.1. The Morgan fingerprint density at radius 3 is 1.89 bits per heavy atom. The molecular formula is C54H88O22. The summed E-state index contributed by atoms with van der Waals surface area (Å²) >= 11 is 0.